The number of H-pyrrole nitrogens is 1. The van der Waals surface area contributed by atoms with E-state index in [4.69, 9.17) is 69.1 Å². The highest BCUT2D eigenvalue weighted by Crippen LogP contribution is 2.35. The molecule has 2 aromatic rings. The second kappa shape index (κ2) is 51.6. The molecule has 0 radical (unpaired) electrons. The maximum Gasteiger partial charge on any atom is 0.246 e. The molecule has 38 nitrogen and oxygen atoms in total. The molecule has 2 aliphatic rings. The van der Waals surface area contributed by atoms with Gasteiger partial charge in [0.05, 0.1) is 206 Å². The van der Waals surface area contributed by atoms with Gasteiger partial charge >= 0.3 is 0 Å². The summed E-state index contributed by atoms with van der Waals surface area (Å²) in [5.74, 6) is -10.3. The van der Waals surface area contributed by atoms with Crippen LogP contribution >= 0.6 is 11.8 Å². The topological polar surface area (TPSA) is 548 Å². The number of aromatic nitrogens is 1. The van der Waals surface area contributed by atoms with Crippen LogP contribution in [0.2, 0.25) is 0 Å². The van der Waals surface area contributed by atoms with Gasteiger partial charge in [0.1, 0.15) is 47.2 Å². The van der Waals surface area contributed by atoms with E-state index in [2.05, 4.69) is 46.9 Å². The number of benzene rings is 1. The number of carbonyl (C=O) groups is 8. The minimum absolute atomic E-state index is 0.0731. The van der Waals surface area contributed by atoms with Crippen molar-refractivity contribution in [1.82, 2.24) is 41.8 Å². The summed E-state index contributed by atoms with van der Waals surface area (Å²) in [6.07, 6.45) is -6.30. The van der Waals surface area contributed by atoms with Crippen molar-refractivity contribution < 1.29 is 120 Å². The number of nitrogens with one attached hydrogen (secondary N) is 7. The standard InChI is InChI=1S/C63H105N13O25S2/c1-4-40(2)55(71-53(83)34-64)60(87)67-35-54(84)69-47-39-103(90)62-44(32-52(82)72-61(88)56(41(3)50(80)37-77)73-59(86)48-31-42(78)36-76(48)63(89)46(33-51(65)81)70-58(47)85)43-5-6-49(79)45(57(43)74-62)38-102-30-29-101-28-27-100-26-25-99-24-23-98-22-21-97-20-19-96-18-17-95-16-15-94-14-13-93-12-11-92-10-9-91-8-7-68-75-66/h5-6,40-42,46-48,50,52,55-56,74,77-80,82H,4,7-39,64H2,1-3H3,(H2,65,81)(H,67,87)(H,69,84)(H,70,85)(H,71,83)(H,72,88)(H,73,86)/t40-,41?,42?,46?,47-,48?,50?,52+,55?,56?,103?/m0/s1. The van der Waals surface area contributed by atoms with Crippen molar-refractivity contribution in [1.29, 1.82) is 0 Å². The summed E-state index contributed by atoms with van der Waals surface area (Å²) in [6.45, 7) is 10.8. The van der Waals surface area contributed by atoms with Gasteiger partial charge in [-0.15, -0.1) is 0 Å². The molecule has 103 heavy (non-hydrogen) atoms. The summed E-state index contributed by atoms with van der Waals surface area (Å²) < 4.78 is 75.6. The number of amides is 8. The minimum atomic E-state index is -2.46. The van der Waals surface area contributed by atoms with Gasteiger partial charge in [-0.25, -0.2) is 0 Å². The predicted octanol–water partition coefficient (Wildman–Crippen LogP) is -4.42. The van der Waals surface area contributed by atoms with Crippen molar-refractivity contribution in [3.05, 3.63) is 33.7 Å². The summed E-state index contributed by atoms with van der Waals surface area (Å²) in [6, 6.07) is -5.41. The number of ether oxygens (including phenoxy) is 11. The molecule has 2 aliphatic heterocycles. The first-order valence-electron chi connectivity index (χ1n) is 34.0. The van der Waals surface area contributed by atoms with E-state index in [1.54, 1.807) is 13.8 Å². The maximum absolute atomic E-state index is 15.0. The van der Waals surface area contributed by atoms with Crippen molar-refractivity contribution in [3.63, 3.8) is 0 Å². The predicted molar refractivity (Wildman–Crippen MR) is 370 cm³/mol. The number of aliphatic hydroxyl groups is 4. The largest absolute Gasteiger partial charge is 0.508 e. The third kappa shape index (κ3) is 33.6. The molecule has 3 heterocycles. The smallest absolute Gasteiger partial charge is 0.246 e. The number of azide groups is 1. The Balaban J connectivity index is 1.29. The zero-order chi connectivity index (χ0) is 75.3. The second-order valence-electron chi connectivity index (χ2n) is 23.6. The number of phenolic OH excluding ortho intramolecular Hbond substituents is 1. The van der Waals surface area contributed by atoms with Crippen molar-refractivity contribution >= 4 is 80.7 Å². The second-order valence-corrected chi connectivity index (χ2v) is 26.1. The number of aromatic amines is 1. The highest BCUT2D eigenvalue weighted by Gasteiger charge is 2.45. The molecule has 1 saturated heterocycles. The molecule has 40 heteroatoms. The van der Waals surface area contributed by atoms with Crippen LogP contribution in [0.15, 0.2) is 22.3 Å². The highest BCUT2D eigenvalue weighted by atomic mass is 32.2. The summed E-state index contributed by atoms with van der Waals surface area (Å²) >= 11 is 1.35. The van der Waals surface area contributed by atoms with Crippen LogP contribution in [0.25, 0.3) is 21.3 Å². The molecule has 16 N–H and O–H groups in total. The van der Waals surface area contributed by atoms with E-state index in [9.17, 15) is 63.9 Å². The average molecular weight is 1510 g/mol. The molecular formula is C63H105N13O25S2. The Kier molecular flexibility index (Phi) is 44.6. The Morgan fingerprint density at radius 3 is 1.78 bits per heavy atom. The fraction of sp³-hybridized carbons (Fsp3) is 0.746. The number of aliphatic hydroxyl groups excluding tert-OH is 4. The van der Waals surface area contributed by atoms with Crippen molar-refractivity contribution in [3.8, 4) is 5.75 Å². The summed E-state index contributed by atoms with van der Waals surface area (Å²) in [5.41, 5.74) is 19.8. The van der Waals surface area contributed by atoms with Crippen LogP contribution in [0.1, 0.15) is 51.2 Å². The molecular weight excluding hydrogens is 1400 g/mol. The number of thioether (sulfide) groups is 1. The van der Waals surface area contributed by atoms with Gasteiger partial charge in [0.2, 0.25) is 47.3 Å². The lowest BCUT2D eigenvalue weighted by Crippen LogP contribution is -2.61. The Morgan fingerprint density at radius 2 is 1.28 bits per heavy atom. The third-order valence-corrected chi connectivity index (χ3v) is 18.4. The normalized spacial score (nSPS) is 20.3. The number of nitrogens with two attached hydrogens (primary N) is 2. The quantitative estimate of drug-likeness (QED) is 0.0129. The van der Waals surface area contributed by atoms with Gasteiger partial charge in [-0.1, -0.05) is 32.3 Å². The SMILES string of the molecule is CC[C@H](C)C(NC(=O)CN)C(=O)NCC(=O)N[C@H]1CS(=O)c2[nH]c3c(CSCCOCCOCCOCCOCCOCCOCCOCCOCCOCCOCCOCCN=[N+]=[N-])c(O)ccc3c2C[C@@H](O)NC(=O)C(C(C)C(O)CO)NC(=O)C2CC(O)CN2C(=O)C(CC(N)=O)NC1=O. The summed E-state index contributed by atoms with van der Waals surface area (Å²) in [7, 11) is -2.46. The molecule has 1 aromatic heterocycles. The molecule has 8 unspecified atom stereocenters. The van der Waals surface area contributed by atoms with E-state index in [1.807, 2.05) is 0 Å². The van der Waals surface area contributed by atoms with E-state index in [1.165, 1.54) is 30.8 Å². The first kappa shape index (κ1) is 88.9. The molecule has 1 aromatic carbocycles. The molecule has 584 valence electrons. The van der Waals surface area contributed by atoms with Crippen molar-refractivity contribution in [2.45, 2.75) is 106 Å². The fourth-order valence-corrected chi connectivity index (χ4v) is 12.5. The monoisotopic (exact) mass is 1510 g/mol. The molecule has 0 saturated carbocycles. The number of fused-ring (bicyclic) bond motifs is 4. The molecule has 4 rings (SSSR count). The third-order valence-electron chi connectivity index (χ3n) is 16.0. The zero-order valence-electron chi connectivity index (χ0n) is 58.6. The molecule has 11 atom stereocenters. The number of aromatic hydroxyl groups is 1. The van der Waals surface area contributed by atoms with Crippen molar-refractivity contribution in [2.24, 2.45) is 28.4 Å². The van der Waals surface area contributed by atoms with E-state index < -0.39 is 170 Å². The van der Waals surface area contributed by atoms with Crippen LogP contribution in [0.5, 0.6) is 5.75 Å². The van der Waals surface area contributed by atoms with Gasteiger partial charge in [-0.3, -0.25) is 42.6 Å². The van der Waals surface area contributed by atoms with Crippen LogP contribution in [-0.2, 0) is 113 Å². The number of carbonyl (C=O) groups excluding carboxylic acids is 8. The average Bonchev–Trinajstić information content (AvgIpc) is 1.63. The van der Waals surface area contributed by atoms with Gasteiger partial charge in [0.15, 0.2) is 0 Å². The molecule has 1 fully saturated rings. The lowest BCUT2D eigenvalue weighted by Gasteiger charge is -2.32. The summed E-state index contributed by atoms with van der Waals surface area (Å²) in [4.78, 5) is 116. The molecule has 0 spiro atoms. The Bertz CT molecular complexity index is 2980. The lowest BCUT2D eigenvalue weighted by atomic mass is 9.94. The number of hydrogen-bond donors (Lipinski definition) is 14. The number of nitrogens with zero attached hydrogens (tertiary/aromatic N) is 4. The van der Waals surface area contributed by atoms with E-state index in [0.717, 1.165) is 4.90 Å². The summed E-state index contributed by atoms with van der Waals surface area (Å²) in [5, 5.41) is 72.5. The van der Waals surface area contributed by atoms with Crippen LogP contribution < -0.4 is 43.4 Å². The minimum Gasteiger partial charge on any atom is -0.508 e. The molecule has 0 bridgehead atoms. The maximum atomic E-state index is 15.0. The van der Waals surface area contributed by atoms with Gasteiger partial charge in [-0.05, 0) is 29.1 Å². The van der Waals surface area contributed by atoms with Gasteiger partial charge in [0.25, 0.3) is 0 Å². The Morgan fingerprint density at radius 1 is 0.757 bits per heavy atom. The number of phenols is 1. The van der Waals surface area contributed by atoms with Crippen molar-refractivity contribution in [2.75, 3.05) is 190 Å². The van der Waals surface area contributed by atoms with E-state index >= 15 is 4.21 Å². The zero-order valence-corrected chi connectivity index (χ0v) is 60.3. The first-order valence-corrected chi connectivity index (χ1v) is 36.5. The number of primary amides is 1. The van der Waals surface area contributed by atoms with Crippen LogP contribution in [0.3, 0.4) is 0 Å². The molecule has 8 amide bonds. The lowest BCUT2D eigenvalue weighted by molar-refractivity contribution is -0.144. The van der Waals surface area contributed by atoms with Gasteiger partial charge in [-0.2, -0.15) is 11.8 Å². The van der Waals surface area contributed by atoms with E-state index in [-0.39, 0.29) is 52.8 Å². The number of rotatable bonds is 51. The number of hydrogen-bond acceptors (Lipinski definition) is 28. The van der Waals surface area contributed by atoms with E-state index in [0.29, 0.717) is 150 Å². The van der Waals surface area contributed by atoms with Crippen LogP contribution in [-0.4, -0.2) is 325 Å². The highest BCUT2D eigenvalue weighted by molar-refractivity contribution is 7.98. The first-order chi connectivity index (χ1) is 49.6. The van der Waals surface area contributed by atoms with Gasteiger partial charge < -0.3 is 131 Å². The molecule has 0 aliphatic carbocycles. The Labute approximate surface area is 603 Å². The Hall–Kier alpha value is -6.51. The van der Waals surface area contributed by atoms with Gasteiger partial charge in [0, 0.05) is 59.2 Å². The van der Waals surface area contributed by atoms with Crippen LogP contribution in [0, 0.1) is 11.8 Å². The van der Waals surface area contributed by atoms with Crippen LogP contribution in [0.4, 0.5) is 0 Å². The fourth-order valence-electron chi connectivity index (χ4n) is 10.3.